The molecule has 1 aliphatic rings. The van der Waals surface area contributed by atoms with Crippen LogP contribution in [0.5, 0.6) is 0 Å². The average Bonchev–Trinajstić information content (AvgIpc) is 3.00. The summed E-state index contributed by atoms with van der Waals surface area (Å²) in [7, 11) is 1.80. The topological polar surface area (TPSA) is 49.4 Å². The zero-order valence-corrected chi connectivity index (χ0v) is 13.7. The Hall–Kier alpha value is -1.56. The van der Waals surface area contributed by atoms with Gasteiger partial charge in [0.15, 0.2) is 0 Å². The first-order valence-electron chi connectivity index (χ1n) is 7.35. The zero-order valence-electron chi connectivity index (χ0n) is 12.8. The van der Waals surface area contributed by atoms with Gasteiger partial charge in [-0.15, -0.1) is 0 Å². The van der Waals surface area contributed by atoms with Gasteiger partial charge in [0.2, 0.25) is 5.91 Å². The lowest BCUT2D eigenvalue weighted by Crippen LogP contribution is -2.45. The fraction of sp³-hybridized carbons (Fsp3) is 0.500. The van der Waals surface area contributed by atoms with Crippen molar-refractivity contribution < 1.29 is 14.0 Å². The van der Waals surface area contributed by atoms with Gasteiger partial charge in [-0.25, -0.2) is 4.39 Å². The number of thioether (sulfide) groups is 1. The van der Waals surface area contributed by atoms with Crippen molar-refractivity contribution in [2.75, 3.05) is 19.8 Å². The van der Waals surface area contributed by atoms with E-state index in [0.717, 1.165) is 19.3 Å². The minimum Gasteiger partial charge on any atom is -0.343 e. The van der Waals surface area contributed by atoms with Gasteiger partial charge in [0.05, 0.1) is 6.54 Å². The monoisotopic (exact) mass is 324 g/mol. The van der Waals surface area contributed by atoms with Gasteiger partial charge in [0.1, 0.15) is 5.82 Å². The molecule has 1 aliphatic carbocycles. The van der Waals surface area contributed by atoms with Crippen LogP contribution in [0.1, 0.15) is 29.6 Å². The van der Waals surface area contributed by atoms with Crippen LogP contribution in [-0.4, -0.2) is 47.9 Å². The summed E-state index contributed by atoms with van der Waals surface area (Å²) in [4.78, 5) is 25.9. The van der Waals surface area contributed by atoms with Crippen LogP contribution in [0.2, 0.25) is 0 Å². The Balaban J connectivity index is 1.86. The Morgan fingerprint density at radius 1 is 1.32 bits per heavy atom. The van der Waals surface area contributed by atoms with E-state index >= 15 is 0 Å². The van der Waals surface area contributed by atoms with E-state index in [0.29, 0.717) is 10.8 Å². The summed E-state index contributed by atoms with van der Waals surface area (Å²) in [5.74, 6) is -0.854. The van der Waals surface area contributed by atoms with E-state index in [1.165, 1.54) is 24.3 Å². The number of nitrogens with zero attached hydrogens (tertiary/aromatic N) is 1. The third-order valence-electron chi connectivity index (χ3n) is 4.12. The van der Waals surface area contributed by atoms with Crippen LogP contribution in [-0.2, 0) is 4.79 Å². The molecule has 1 fully saturated rings. The quantitative estimate of drug-likeness (QED) is 0.904. The largest absolute Gasteiger partial charge is 0.343 e. The molecule has 6 heteroatoms. The van der Waals surface area contributed by atoms with Crippen LogP contribution < -0.4 is 5.32 Å². The molecule has 2 rings (SSSR count). The number of amides is 2. The molecule has 4 nitrogen and oxygen atoms in total. The van der Waals surface area contributed by atoms with Gasteiger partial charge in [-0.3, -0.25) is 9.59 Å². The molecule has 1 N–H and O–H groups in total. The summed E-state index contributed by atoms with van der Waals surface area (Å²) in [6.07, 6.45) is 5.35. The third kappa shape index (κ3) is 4.00. The summed E-state index contributed by atoms with van der Waals surface area (Å²) in [5.41, 5.74) is 0.347. The number of nitrogens with one attached hydrogen (secondary N) is 1. The zero-order chi connectivity index (χ0) is 16.1. The molecule has 0 radical (unpaired) electrons. The van der Waals surface area contributed by atoms with Gasteiger partial charge in [-0.2, -0.15) is 11.8 Å². The minimum absolute atomic E-state index is 0.0374. The van der Waals surface area contributed by atoms with Crippen LogP contribution >= 0.6 is 11.8 Å². The van der Waals surface area contributed by atoms with Gasteiger partial charge in [0, 0.05) is 23.9 Å². The van der Waals surface area contributed by atoms with Crippen molar-refractivity contribution in [2.45, 2.75) is 30.6 Å². The highest BCUT2D eigenvalue weighted by atomic mass is 32.2. The maximum absolute atomic E-state index is 12.8. The van der Waals surface area contributed by atoms with Gasteiger partial charge in [-0.1, -0.05) is 6.42 Å². The van der Waals surface area contributed by atoms with Crippen molar-refractivity contribution in [3.63, 3.8) is 0 Å². The van der Waals surface area contributed by atoms with Crippen molar-refractivity contribution >= 4 is 23.6 Å². The van der Waals surface area contributed by atoms with Gasteiger partial charge in [0.25, 0.3) is 5.91 Å². The van der Waals surface area contributed by atoms with Gasteiger partial charge in [-0.05, 0) is 43.4 Å². The van der Waals surface area contributed by atoms with E-state index in [2.05, 4.69) is 11.6 Å². The van der Waals surface area contributed by atoms with Crippen molar-refractivity contribution in [1.29, 1.82) is 0 Å². The fourth-order valence-corrected chi connectivity index (χ4v) is 3.83. The summed E-state index contributed by atoms with van der Waals surface area (Å²) >= 11 is 1.79. The minimum atomic E-state index is -0.392. The van der Waals surface area contributed by atoms with E-state index in [1.807, 2.05) is 0 Å². The highest BCUT2D eigenvalue weighted by Crippen LogP contribution is 2.31. The van der Waals surface area contributed by atoms with E-state index < -0.39 is 5.82 Å². The molecule has 0 spiro atoms. The predicted molar refractivity (Wildman–Crippen MR) is 86.4 cm³/mol. The molecule has 0 bridgehead atoms. The smallest absolute Gasteiger partial charge is 0.251 e. The summed E-state index contributed by atoms with van der Waals surface area (Å²) < 4.78 is 12.8. The summed E-state index contributed by atoms with van der Waals surface area (Å²) in [5, 5.41) is 3.07. The molecule has 1 aromatic carbocycles. The molecule has 2 atom stereocenters. The average molecular weight is 324 g/mol. The molecule has 1 saturated carbocycles. The normalized spacial score (nSPS) is 20.7. The Morgan fingerprint density at radius 2 is 2.00 bits per heavy atom. The Morgan fingerprint density at radius 3 is 2.64 bits per heavy atom. The first-order valence-corrected chi connectivity index (χ1v) is 8.64. The molecule has 0 aromatic heterocycles. The second-order valence-electron chi connectivity index (χ2n) is 5.47. The fourth-order valence-electron chi connectivity index (χ4n) is 2.79. The lowest BCUT2D eigenvalue weighted by molar-refractivity contribution is -0.130. The highest BCUT2D eigenvalue weighted by Gasteiger charge is 2.31. The lowest BCUT2D eigenvalue weighted by Gasteiger charge is -2.29. The maximum atomic E-state index is 12.8. The first kappa shape index (κ1) is 16.8. The molecular weight excluding hydrogens is 303 g/mol. The van der Waals surface area contributed by atoms with Crippen LogP contribution in [0.25, 0.3) is 0 Å². The molecule has 2 amide bonds. The highest BCUT2D eigenvalue weighted by molar-refractivity contribution is 7.99. The summed E-state index contributed by atoms with van der Waals surface area (Å²) in [6.45, 7) is -0.0374. The number of carbonyl (C=O) groups excluding carboxylic acids is 2. The predicted octanol–water partition coefficient (Wildman–Crippen LogP) is 2.30. The number of halogens is 1. The molecule has 0 unspecified atom stereocenters. The second-order valence-corrected chi connectivity index (χ2v) is 6.54. The number of hydrogen-bond donors (Lipinski definition) is 1. The SMILES string of the molecule is CS[C@H]1CCC[C@@H]1N(C)C(=O)CNC(=O)c1ccc(F)cc1. The number of rotatable bonds is 5. The number of likely N-dealkylation sites (N-methyl/N-ethyl adjacent to an activating group) is 1. The second kappa shape index (κ2) is 7.63. The molecule has 22 heavy (non-hydrogen) atoms. The van der Waals surface area contributed by atoms with Crippen molar-refractivity contribution in [3.05, 3.63) is 35.6 Å². The molecule has 0 heterocycles. The van der Waals surface area contributed by atoms with Crippen LogP contribution in [0.3, 0.4) is 0 Å². The third-order valence-corrected chi connectivity index (χ3v) is 5.27. The van der Waals surface area contributed by atoms with E-state index in [4.69, 9.17) is 0 Å². The maximum Gasteiger partial charge on any atom is 0.251 e. The number of hydrogen-bond acceptors (Lipinski definition) is 3. The van der Waals surface area contributed by atoms with Crippen molar-refractivity contribution in [2.24, 2.45) is 0 Å². The van der Waals surface area contributed by atoms with E-state index in [1.54, 1.807) is 23.7 Å². The van der Waals surface area contributed by atoms with E-state index in [-0.39, 0.29) is 24.4 Å². The van der Waals surface area contributed by atoms with Gasteiger partial charge >= 0.3 is 0 Å². The van der Waals surface area contributed by atoms with Crippen molar-refractivity contribution in [1.82, 2.24) is 10.2 Å². The molecule has 1 aromatic rings. The van der Waals surface area contributed by atoms with Gasteiger partial charge < -0.3 is 10.2 Å². The Bertz CT molecular complexity index is 535. The number of carbonyl (C=O) groups is 2. The van der Waals surface area contributed by atoms with E-state index in [9.17, 15) is 14.0 Å². The summed E-state index contributed by atoms with van der Waals surface area (Å²) in [6, 6.07) is 5.50. The standard InChI is InChI=1S/C16H21FN2O2S/c1-19(13-4-3-5-14(13)22-2)15(20)10-18-16(21)11-6-8-12(17)9-7-11/h6-9,13-14H,3-5,10H2,1-2H3,(H,18,21)/t13-,14-/m0/s1. The first-order chi connectivity index (χ1) is 10.5. The van der Waals surface area contributed by atoms with Crippen LogP contribution in [0.15, 0.2) is 24.3 Å². The lowest BCUT2D eigenvalue weighted by atomic mass is 10.2. The van der Waals surface area contributed by atoms with Crippen LogP contribution in [0.4, 0.5) is 4.39 Å². The molecule has 0 aliphatic heterocycles. The van der Waals surface area contributed by atoms with Crippen LogP contribution in [0, 0.1) is 5.82 Å². The Kier molecular flexibility index (Phi) is 5.83. The molecule has 0 saturated heterocycles. The molecular formula is C16H21FN2O2S. The number of benzene rings is 1. The molecule has 120 valence electrons. The van der Waals surface area contributed by atoms with Crippen molar-refractivity contribution in [3.8, 4) is 0 Å². The Labute approximate surface area is 134 Å².